The number of carbonyl (C=O) groups is 1. The Bertz CT molecular complexity index is 1500. The van der Waals surface area contributed by atoms with Gasteiger partial charge in [-0.25, -0.2) is 9.67 Å². The van der Waals surface area contributed by atoms with Gasteiger partial charge in [0.15, 0.2) is 0 Å². The highest BCUT2D eigenvalue weighted by Gasteiger charge is 2.33. The Morgan fingerprint density at radius 2 is 2.08 bits per heavy atom. The Morgan fingerprint density at radius 3 is 2.92 bits per heavy atom. The van der Waals surface area contributed by atoms with E-state index in [0.717, 1.165) is 65.1 Å². The predicted octanol–water partition coefficient (Wildman–Crippen LogP) is 4.55. The summed E-state index contributed by atoms with van der Waals surface area (Å²) in [6.45, 7) is 5.70. The number of aliphatic carboxylic acids is 1. The van der Waals surface area contributed by atoms with Crippen LogP contribution in [0.5, 0.6) is 5.88 Å². The molecule has 3 atom stereocenters. The summed E-state index contributed by atoms with van der Waals surface area (Å²) in [7, 11) is 1.87. The van der Waals surface area contributed by atoms with Crippen LogP contribution in [0.2, 0.25) is 0 Å². The van der Waals surface area contributed by atoms with Crippen molar-refractivity contribution in [3.05, 3.63) is 82.0 Å². The molecular weight excluding hydrogens is 466 g/mol. The Labute approximate surface area is 215 Å². The zero-order valence-electron chi connectivity index (χ0n) is 21.4. The summed E-state index contributed by atoms with van der Waals surface area (Å²) in [6, 6.07) is 14.9. The zero-order valence-corrected chi connectivity index (χ0v) is 21.4. The van der Waals surface area contributed by atoms with Crippen molar-refractivity contribution in [1.82, 2.24) is 24.9 Å². The summed E-state index contributed by atoms with van der Waals surface area (Å²) < 4.78 is 7.87. The van der Waals surface area contributed by atoms with Crippen LogP contribution < -0.4 is 4.74 Å². The maximum atomic E-state index is 12.0. The Kier molecular flexibility index (Phi) is 5.91. The minimum absolute atomic E-state index is 0.0176. The summed E-state index contributed by atoms with van der Waals surface area (Å²) in [5.41, 5.74) is 8.50. The molecule has 8 nitrogen and oxygen atoms in total. The number of hydrogen-bond donors (Lipinski definition) is 1. The van der Waals surface area contributed by atoms with E-state index in [1.807, 2.05) is 32.2 Å². The van der Waals surface area contributed by atoms with Gasteiger partial charge in [0.25, 0.3) is 0 Å². The number of pyridine rings is 1. The molecule has 0 saturated heterocycles. The van der Waals surface area contributed by atoms with E-state index in [2.05, 4.69) is 51.4 Å². The fraction of sp³-hybridized carbons (Fsp3) is 0.379. The van der Waals surface area contributed by atoms with Crippen molar-refractivity contribution in [3.8, 4) is 5.88 Å². The standard InChI is InChI=1S/C29H31N5O3/c1-17-15-34(16-21-5-4-12-30-29(21)37-17)25-10-8-19-6-7-20(13-24(19)25)23(14-27(35)36)22-9-11-26-28(18(22)2)31-32-33(26)3/h4-7,9,11-13,17,23,25H,8,10,14-16H2,1-3H3,(H,35,36)/t17-,23?,25?/m1/s1. The number of aromatic nitrogens is 4. The summed E-state index contributed by atoms with van der Waals surface area (Å²) in [5, 5.41) is 18.4. The van der Waals surface area contributed by atoms with Crippen LogP contribution in [0.4, 0.5) is 0 Å². The first-order chi connectivity index (χ1) is 17.9. The van der Waals surface area contributed by atoms with Gasteiger partial charge in [-0.1, -0.05) is 35.5 Å². The summed E-state index contributed by atoms with van der Waals surface area (Å²) in [6.07, 6.45) is 3.88. The monoisotopic (exact) mass is 497 g/mol. The number of aryl methyl sites for hydroxylation is 3. The normalized spacial score (nSPS) is 20.2. The van der Waals surface area contributed by atoms with Gasteiger partial charge < -0.3 is 9.84 Å². The molecule has 8 heteroatoms. The molecule has 2 aromatic heterocycles. The fourth-order valence-corrected chi connectivity index (χ4v) is 6.13. The number of ether oxygens (including phenoxy) is 1. The molecule has 37 heavy (non-hydrogen) atoms. The van der Waals surface area contributed by atoms with Crippen molar-refractivity contribution >= 4 is 17.0 Å². The van der Waals surface area contributed by atoms with Crippen LogP contribution >= 0.6 is 0 Å². The van der Waals surface area contributed by atoms with E-state index < -0.39 is 5.97 Å². The molecule has 0 amide bonds. The first-order valence-electron chi connectivity index (χ1n) is 12.9. The molecule has 6 rings (SSSR count). The molecule has 0 saturated carbocycles. The van der Waals surface area contributed by atoms with Gasteiger partial charge in [0.2, 0.25) is 5.88 Å². The lowest BCUT2D eigenvalue weighted by Crippen LogP contribution is -2.33. The van der Waals surface area contributed by atoms with Crippen molar-refractivity contribution in [3.63, 3.8) is 0 Å². The van der Waals surface area contributed by atoms with Crippen LogP contribution in [-0.2, 0) is 24.8 Å². The molecule has 1 N–H and O–H groups in total. The fourth-order valence-electron chi connectivity index (χ4n) is 6.13. The van der Waals surface area contributed by atoms with Crippen LogP contribution in [-0.4, -0.2) is 48.6 Å². The molecule has 0 radical (unpaired) electrons. The van der Waals surface area contributed by atoms with Gasteiger partial charge in [0.1, 0.15) is 11.6 Å². The first kappa shape index (κ1) is 23.6. The van der Waals surface area contributed by atoms with Gasteiger partial charge in [-0.15, -0.1) is 5.10 Å². The number of rotatable bonds is 5. The van der Waals surface area contributed by atoms with Gasteiger partial charge in [-0.3, -0.25) is 9.69 Å². The maximum Gasteiger partial charge on any atom is 0.304 e. The quantitative estimate of drug-likeness (QED) is 0.432. The summed E-state index contributed by atoms with van der Waals surface area (Å²) in [4.78, 5) is 19.0. The number of carboxylic acid groups (broad SMARTS) is 1. The smallest absolute Gasteiger partial charge is 0.304 e. The Balaban J connectivity index is 1.39. The molecule has 0 bridgehead atoms. The highest BCUT2D eigenvalue weighted by molar-refractivity contribution is 5.80. The second-order valence-electron chi connectivity index (χ2n) is 10.3. The van der Waals surface area contributed by atoms with Crippen molar-refractivity contribution in [2.45, 2.75) is 57.7 Å². The van der Waals surface area contributed by atoms with Crippen molar-refractivity contribution in [1.29, 1.82) is 0 Å². The van der Waals surface area contributed by atoms with Crippen LogP contribution in [0.1, 0.15) is 65.1 Å². The number of hydrogen-bond acceptors (Lipinski definition) is 6. The Morgan fingerprint density at radius 1 is 1.22 bits per heavy atom. The summed E-state index contributed by atoms with van der Waals surface area (Å²) in [5.74, 6) is -0.365. The largest absolute Gasteiger partial charge is 0.481 e. The molecule has 1 aliphatic carbocycles. The van der Waals surface area contributed by atoms with Gasteiger partial charge in [-0.05, 0) is 66.6 Å². The molecule has 4 aromatic rings. The predicted molar refractivity (Wildman–Crippen MR) is 140 cm³/mol. The van der Waals surface area contributed by atoms with Crippen LogP contribution in [0.15, 0.2) is 48.7 Å². The zero-order chi connectivity index (χ0) is 25.7. The lowest BCUT2D eigenvalue weighted by atomic mass is 9.84. The number of nitrogens with zero attached hydrogens (tertiary/aromatic N) is 5. The minimum Gasteiger partial charge on any atom is -0.481 e. The van der Waals surface area contributed by atoms with E-state index in [9.17, 15) is 9.90 Å². The van der Waals surface area contributed by atoms with E-state index >= 15 is 0 Å². The second-order valence-corrected chi connectivity index (χ2v) is 10.3. The average molecular weight is 498 g/mol. The van der Waals surface area contributed by atoms with Gasteiger partial charge in [0.05, 0.1) is 11.9 Å². The lowest BCUT2D eigenvalue weighted by molar-refractivity contribution is -0.137. The van der Waals surface area contributed by atoms with Crippen molar-refractivity contribution in [2.75, 3.05) is 6.54 Å². The van der Waals surface area contributed by atoms with Gasteiger partial charge in [0, 0.05) is 43.9 Å². The summed E-state index contributed by atoms with van der Waals surface area (Å²) >= 11 is 0. The lowest BCUT2D eigenvalue weighted by Gasteiger charge is -2.30. The third kappa shape index (κ3) is 4.25. The minimum atomic E-state index is -0.816. The molecular formula is C29H31N5O3. The van der Waals surface area contributed by atoms with Crippen LogP contribution in [0.25, 0.3) is 11.0 Å². The van der Waals surface area contributed by atoms with E-state index in [0.29, 0.717) is 0 Å². The Hall–Kier alpha value is -3.78. The number of benzene rings is 2. The van der Waals surface area contributed by atoms with Crippen molar-refractivity contribution in [2.24, 2.45) is 7.05 Å². The molecule has 2 aromatic carbocycles. The maximum absolute atomic E-state index is 12.0. The average Bonchev–Trinajstić information content (AvgIpc) is 3.42. The van der Waals surface area contributed by atoms with E-state index in [4.69, 9.17) is 4.74 Å². The van der Waals surface area contributed by atoms with E-state index in [1.54, 1.807) is 10.9 Å². The second kappa shape index (κ2) is 9.27. The van der Waals surface area contributed by atoms with E-state index in [-0.39, 0.29) is 24.5 Å². The van der Waals surface area contributed by atoms with Gasteiger partial charge >= 0.3 is 5.97 Å². The van der Waals surface area contributed by atoms with Crippen LogP contribution in [0, 0.1) is 6.92 Å². The highest BCUT2D eigenvalue weighted by atomic mass is 16.5. The molecule has 2 aliphatic rings. The van der Waals surface area contributed by atoms with Crippen molar-refractivity contribution < 1.29 is 14.6 Å². The van der Waals surface area contributed by atoms with E-state index in [1.165, 1.54) is 11.1 Å². The highest BCUT2D eigenvalue weighted by Crippen LogP contribution is 2.41. The topological polar surface area (TPSA) is 93.4 Å². The molecule has 2 unspecified atom stereocenters. The molecule has 0 spiro atoms. The molecule has 190 valence electrons. The van der Waals surface area contributed by atoms with Gasteiger partial charge in [-0.2, -0.15) is 0 Å². The first-order valence-corrected chi connectivity index (χ1v) is 12.9. The molecule has 0 fully saturated rings. The number of fused-ring (bicyclic) bond motifs is 3. The third-order valence-corrected chi connectivity index (χ3v) is 7.92. The molecule has 3 heterocycles. The SMILES string of the molecule is Cc1c(C(CC(=O)O)c2ccc3c(c2)C(N2Cc4cccnc4O[C@H](C)C2)CC3)ccc2c1nnn2C. The third-order valence-electron chi connectivity index (χ3n) is 7.92. The number of carboxylic acids is 1. The van der Waals surface area contributed by atoms with Crippen LogP contribution in [0.3, 0.4) is 0 Å². The molecule has 1 aliphatic heterocycles.